The highest BCUT2D eigenvalue weighted by atomic mass is 16.7. The minimum atomic E-state index is -1.21. The van der Waals surface area contributed by atoms with Gasteiger partial charge in [0, 0.05) is 6.54 Å². The summed E-state index contributed by atoms with van der Waals surface area (Å²) in [7, 11) is 0. The molecule has 1 saturated heterocycles. The van der Waals surface area contributed by atoms with Crippen molar-refractivity contribution in [1.82, 2.24) is 0 Å². The number of ether oxygens (including phenoxy) is 2. The zero-order valence-corrected chi connectivity index (χ0v) is 8.32. The SMILES string of the molecule is NCCO[C@@H]1O[C@H](CO)[C@@H](O)[C@H](O)[C@H]1N. The zero-order valence-electron chi connectivity index (χ0n) is 8.32. The number of hydrogen-bond donors (Lipinski definition) is 5. The Labute approximate surface area is 87.6 Å². The van der Waals surface area contributed by atoms with Crippen molar-refractivity contribution in [3.8, 4) is 0 Å². The molecule has 0 aromatic carbocycles. The van der Waals surface area contributed by atoms with Crippen LogP contribution >= 0.6 is 0 Å². The lowest BCUT2D eigenvalue weighted by molar-refractivity contribution is -0.264. The number of nitrogens with two attached hydrogens (primary N) is 2. The molecule has 0 radical (unpaired) electrons. The molecule has 90 valence electrons. The standard InChI is InChI=1S/C8H18N2O5/c9-1-2-14-8-5(10)7(13)6(12)4(3-11)15-8/h4-8,11-13H,1-3,9-10H2/t4-,5-,6-,7-,8-/m1/s1. The third kappa shape index (κ3) is 2.85. The summed E-state index contributed by atoms with van der Waals surface area (Å²) in [6, 6.07) is -0.852. The van der Waals surface area contributed by atoms with E-state index >= 15 is 0 Å². The Bertz CT molecular complexity index is 192. The highest BCUT2D eigenvalue weighted by molar-refractivity contribution is 4.91. The van der Waals surface area contributed by atoms with Crippen molar-refractivity contribution in [1.29, 1.82) is 0 Å². The third-order valence-corrected chi connectivity index (χ3v) is 2.33. The van der Waals surface area contributed by atoms with Crippen LogP contribution in [0.1, 0.15) is 0 Å². The first-order valence-electron chi connectivity index (χ1n) is 4.81. The molecule has 0 aromatic heterocycles. The second kappa shape index (κ2) is 5.71. The molecule has 1 rings (SSSR count). The maximum absolute atomic E-state index is 9.54. The Hall–Kier alpha value is -0.280. The molecule has 1 aliphatic heterocycles. The van der Waals surface area contributed by atoms with Gasteiger partial charge in [-0.2, -0.15) is 0 Å². The van der Waals surface area contributed by atoms with Crippen molar-refractivity contribution in [3.05, 3.63) is 0 Å². The fourth-order valence-corrected chi connectivity index (χ4v) is 1.44. The summed E-state index contributed by atoms with van der Waals surface area (Å²) >= 11 is 0. The van der Waals surface area contributed by atoms with E-state index in [1.165, 1.54) is 0 Å². The average molecular weight is 222 g/mol. The van der Waals surface area contributed by atoms with Gasteiger partial charge >= 0.3 is 0 Å². The van der Waals surface area contributed by atoms with Gasteiger partial charge in [0.2, 0.25) is 0 Å². The maximum atomic E-state index is 9.54. The van der Waals surface area contributed by atoms with E-state index in [1.54, 1.807) is 0 Å². The van der Waals surface area contributed by atoms with Crippen molar-refractivity contribution in [2.75, 3.05) is 19.8 Å². The van der Waals surface area contributed by atoms with Gasteiger partial charge in [0.25, 0.3) is 0 Å². The Morgan fingerprint density at radius 2 is 1.93 bits per heavy atom. The monoisotopic (exact) mass is 222 g/mol. The predicted octanol–water partition coefficient (Wildman–Crippen LogP) is -3.27. The molecule has 15 heavy (non-hydrogen) atoms. The van der Waals surface area contributed by atoms with Crippen molar-refractivity contribution in [2.45, 2.75) is 30.6 Å². The molecular formula is C8H18N2O5. The number of rotatable bonds is 4. The van der Waals surface area contributed by atoms with Gasteiger partial charge < -0.3 is 36.3 Å². The van der Waals surface area contributed by atoms with Gasteiger partial charge in [0.15, 0.2) is 6.29 Å². The molecule has 1 fully saturated rings. The van der Waals surface area contributed by atoms with Crippen LogP contribution in [0.2, 0.25) is 0 Å². The van der Waals surface area contributed by atoms with E-state index < -0.39 is 37.3 Å². The van der Waals surface area contributed by atoms with E-state index in [9.17, 15) is 10.2 Å². The summed E-state index contributed by atoms with van der Waals surface area (Å²) in [4.78, 5) is 0. The molecule has 1 aliphatic rings. The molecule has 0 bridgehead atoms. The lowest BCUT2D eigenvalue weighted by Crippen LogP contribution is -2.62. The van der Waals surface area contributed by atoms with Gasteiger partial charge in [-0.1, -0.05) is 0 Å². The van der Waals surface area contributed by atoms with Crippen LogP contribution in [0.25, 0.3) is 0 Å². The van der Waals surface area contributed by atoms with Crippen molar-refractivity contribution < 1.29 is 24.8 Å². The summed E-state index contributed by atoms with van der Waals surface area (Å²) < 4.78 is 10.3. The molecule has 0 aromatic rings. The first kappa shape index (κ1) is 12.8. The van der Waals surface area contributed by atoms with Crippen molar-refractivity contribution in [2.24, 2.45) is 11.5 Å². The van der Waals surface area contributed by atoms with Gasteiger partial charge in [-0.05, 0) is 0 Å². The summed E-state index contributed by atoms with van der Waals surface area (Å²) in [6.45, 7) is 0.127. The van der Waals surface area contributed by atoms with Crippen LogP contribution in [0, 0.1) is 0 Å². The summed E-state index contributed by atoms with van der Waals surface area (Å²) in [5, 5.41) is 27.9. The van der Waals surface area contributed by atoms with E-state index in [0.29, 0.717) is 6.54 Å². The lowest BCUT2D eigenvalue weighted by Gasteiger charge is -2.40. The van der Waals surface area contributed by atoms with Crippen LogP contribution in [0.3, 0.4) is 0 Å². The molecule has 7 heteroatoms. The lowest BCUT2D eigenvalue weighted by atomic mass is 9.98. The average Bonchev–Trinajstić information content (AvgIpc) is 2.25. The summed E-state index contributed by atoms with van der Waals surface area (Å²) in [6.07, 6.45) is -4.13. The maximum Gasteiger partial charge on any atom is 0.175 e. The first-order chi connectivity index (χ1) is 7.11. The summed E-state index contributed by atoms with van der Waals surface area (Å²) in [5.41, 5.74) is 10.8. The molecule has 0 amide bonds. The fraction of sp³-hybridized carbons (Fsp3) is 1.00. The van der Waals surface area contributed by atoms with Crippen LogP contribution in [0.5, 0.6) is 0 Å². The first-order valence-corrected chi connectivity index (χ1v) is 4.81. The molecule has 0 unspecified atom stereocenters. The molecule has 0 aliphatic carbocycles. The van der Waals surface area contributed by atoms with Crippen LogP contribution in [-0.2, 0) is 9.47 Å². The van der Waals surface area contributed by atoms with Gasteiger partial charge in [0.1, 0.15) is 18.3 Å². The number of aliphatic hydroxyl groups is 3. The van der Waals surface area contributed by atoms with E-state index in [4.69, 9.17) is 26.0 Å². The van der Waals surface area contributed by atoms with Crippen molar-refractivity contribution in [3.63, 3.8) is 0 Å². The van der Waals surface area contributed by atoms with Gasteiger partial charge in [0.05, 0.1) is 19.3 Å². The van der Waals surface area contributed by atoms with Gasteiger partial charge in [-0.25, -0.2) is 0 Å². The predicted molar refractivity (Wildman–Crippen MR) is 50.7 cm³/mol. The Morgan fingerprint density at radius 1 is 1.27 bits per heavy atom. The van der Waals surface area contributed by atoms with Crippen LogP contribution < -0.4 is 11.5 Å². The Balaban J connectivity index is 2.57. The van der Waals surface area contributed by atoms with Gasteiger partial charge in [-0.15, -0.1) is 0 Å². The highest BCUT2D eigenvalue weighted by Gasteiger charge is 2.42. The highest BCUT2D eigenvalue weighted by Crippen LogP contribution is 2.20. The van der Waals surface area contributed by atoms with Gasteiger partial charge in [-0.3, -0.25) is 0 Å². The van der Waals surface area contributed by atoms with E-state index in [1.807, 2.05) is 0 Å². The molecule has 0 saturated carbocycles. The topological polar surface area (TPSA) is 131 Å². The van der Waals surface area contributed by atoms with E-state index in [2.05, 4.69) is 0 Å². The molecule has 1 heterocycles. The fourth-order valence-electron chi connectivity index (χ4n) is 1.44. The smallest absolute Gasteiger partial charge is 0.175 e. The molecule has 0 spiro atoms. The summed E-state index contributed by atoms with van der Waals surface area (Å²) in [5.74, 6) is 0. The second-order valence-electron chi connectivity index (χ2n) is 3.44. The second-order valence-corrected chi connectivity index (χ2v) is 3.44. The Kier molecular flexibility index (Phi) is 4.87. The number of aliphatic hydroxyl groups excluding tert-OH is 3. The molecule has 7 N–H and O–H groups in total. The van der Waals surface area contributed by atoms with E-state index in [0.717, 1.165) is 0 Å². The van der Waals surface area contributed by atoms with Crippen LogP contribution in [0.4, 0.5) is 0 Å². The number of hydrogen-bond acceptors (Lipinski definition) is 7. The van der Waals surface area contributed by atoms with Crippen LogP contribution in [-0.4, -0.2) is 65.7 Å². The third-order valence-electron chi connectivity index (χ3n) is 2.33. The zero-order chi connectivity index (χ0) is 11.4. The van der Waals surface area contributed by atoms with Crippen molar-refractivity contribution >= 4 is 0 Å². The molecule has 5 atom stereocenters. The quantitative estimate of drug-likeness (QED) is 0.337. The normalized spacial score (nSPS) is 41.8. The largest absolute Gasteiger partial charge is 0.394 e. The Morgan fingerprint density at radius 3 is 2.47 bits per heavy atom. The minimum absolute atomic E-state index is 0.235. The van der Waals surface area contributed by atoms with E-state index in [-0.39, 0.29) is 6.61 Å². The molecule has 7 nitrogen and oxygen atoms in total. The van der Waals surface area contributed by atoms with Crippen LogP contribution in [0.15, 0.2) is 0 Å². The minimum Gasteiger partial charge on any atom is -0.394 e. The molecular weight excluding hydrogens is 204 g/mol.